The number of benzene rings is 5. The van der Waals surface area contributed by atoms with Crippen molar-refractivity contribution in [2.45, 2.75) is 75.3 Å². The minimum absolute atomic E-state index is 0.0462. The van der Waals surface area contributed by atoms with E-state index in [1.165, 1.54) is 61.7 Å². The van der Waals surface area contributed by atoms with Crippen molar-refractivity contribution in [3.8, 4) is 11.1 Å². The van der Waals surface area contributed by atoms with Crippen LogP contribution in [0.2, 0.25) is 0 Å². The van der Waals surface area contributed by atoms with Gasteiger partial charge in [0.05, 0.1) is 12.1 Å². The van der Waals surface area contributed by atoms with Crippen molar-refractivity contribution >= 4 is 22.7 Å². The second-order valence-electron chi connectivity index (χ2n) is 16.8. The molecule has 0 amide bonds. The van der Waals surface area contributed by atoms with E-state index in [0.717, 1.165) is 6.42 Å². The molecule has 5 unspecified atom stereocenters. The largest absolute Gasteiger partial charge is 0.334 e. The van der Waals surface area contributed by atoms with Crippen LogP contribution in [0.25, 0.3) is 11.1 Å². The quantitative estimate of drug-likeness (QED) is 0.177. The van der Waals surface area contributed by atoms with Gasteiger partial charge in [-0.05, 0) is 99.2 Å². The minimum atomic E-state index is -0.0726. The van der Waals surface area contributed by atoms with Gasteiger partial charge in [0.1, 0.15) is 0 Å². The highest BCUT2D eigenvalue weighted by atomic mass is 15.2. The molecule has 51 heavy (non-hydrogen) atoms. The zero-order valence-corrected chi connectivity index (χ0v) is 30.3. The Balaban J connectivity index is 1.14. The summed E-state index contributed by atoms with van der Waals surface area (Å²) in [5.41, 5.74) is 15.0. The Kier molecular flexibility index (Phi) is 6.46. The third-order valence-electron chi connectivity index (χ3n) is 13.4. The molecule has 4 aliphatic carbocycles. The number of nitrogens with zero attached hydrogens (tertiary/aromatic N) is 2. The van der Waals surface area contributed by atoms with Crippen LogP contribution in [-0.2, 0) is 16.2 Å². The number of para-hydroxylation sites is 2. The summed E-state index contributed by atoms with van der Waals surface area (Å²) in [5, 5.41) is 0. The topological polar surface area (TPSA) is 6.48 Å². The maximum atomic E-state index is 2.68. The smallest absolute Gasteiger partial charge is 0.0618 e. The van der Waals surface area contributed by atoms with Crippen molar-refractivity contribution < 1.29 is 0 Å². The molecule has 2 heteroatoms. The number of allylic oxidation sites excluding steroid dienone is 4. The molecule has 2 nitrogen and oxygen atoms in total. The molecule has 10 rings (SSSR count). The van der Waals surface area contributed by atoms with Crippen LogP contribution in [0.5, 0.6) is 0 Å². The highest BCUT2D eigenvalue weighted by Crippen LogP contribution is 2.57. The average Bonchev–Trinajstić information content (AvgIpc) is 3.65. The lowest BCUT2D eigenvalue weighted by molar-refractivity contribution is 0.376. The van der Waals surface area contributed by atoms with E-state index in [1.54, 1.807) is 0 Å². The highest BCUT2D eigenvalue weighted by molar-refractivity contribution is 5.84. The first-order valence-electron chi connectivity index (χ1n) is 18.8. The van der Waals surface area contributed by atoms with Gasteiger partial charge < -0.3 is 9.80 Å². The molecule has 1 heterocycles. The molecule has 0 aromatic heterocycles. The first-order valence-corrected chi connectivity index (χ1v) is 18.8. The van der Waals surface area contributed by atoms with Gasteiger partial charge in [0.15, 0.2) is 0 Å². The van der Waals surface area contributed by atoms with E-state index in [4.69, 9.17) is 0 Å². The average molecular weight is 663 g/mol. The van der Waals surface area contributed by atoms with Crippen LogP contribution in [0, 0.1) is 5.92 Å². The number of anilines is 4. The molecule has 0 radical (unpaired) electrons. The molecular formula is C49H46N2. The third kappa shape index (κ3) is 4.23. The van der Waals surface area contributed by atoms with Gasteiger partial charge in [0, 0.05) is 39.5 Å². The molecule has 0 bridgehead atoms. The van der Waals surface area contributed by atoms with E-state index < -0.39 is 0 Å². The number of rotatable bonds is 4. The van der Waals surface area contributed by atoms with E-state index in [9.17, 15) is 0 Å². The first kappa shape index (κ1) is 30.7. The van der Waals surface area contributed by atoms with Crippen molar-refractivity contribution in [2.75, 3.05) is 9.80 Å². The maximum Gasteiger partial charge on any atom is 0.0618 e. The molecule has 5 aromatic rings. The molecule has 0 saturated carbocycles. The lowest BCUT2D eigenvalue weighted by Crippen LogP contribution is -2.48. The van der Waals surface area contributed by atoms with E-state index >= 15 is 0 Å². The van der Waals surface area contributed by atoms with Gasteiger partial charge in [0.2, 0.25) is 0 Å². The van der Waals surface area contributed by atoms with Crippen molar-refractivity contribution in [2.24, 2.45) is 5.92 Å². The Morgan fingerprint density at radius 1 is 0.588 bits per heavy atom. The molecule has 0 spiro atoms. The fourth-order valence-corrected chi connectivity index (χ4v) is 10.8. The fourth-order valence-electron chi connectivity index (χ4n) is 10.8. The minimum Gasteiger partial charge on any atom is -0.334 e. The maximum absolute atomic E-state index is 2.68. The highest BCUT2D eigenvalue weighted by Gasteiger charge is 2.51. The summed E-state index contributed by atoms with van der Waals surface area (Å²) in [5.74, 6) is 0.920. The number of fused-ring (bicyclic) bond motifs is 9. The van der Waals surface area contributed by atoms with Crippen molar-refractivity contribution in [3.63, 3.8) is 0 Å². The van der Waals surface area contributed by atoms with E-state index in [0.29, 0.717) is 11.8 Å². The Hall–Kier alpha value is -5.08. The van der Waals surface area contributed by atoms with Crippen molar-refractivity contribution in [1.82, 2.24) is 0 Å². The second-order valence-corrected chi connectivity index (χ2v) is 16.8. The van der Waals surface area contributed by atoms with Crippen LogP contribution < -0.4 is 9.80 Å². The molecule has 5 atom stereocenters. The predicted octanol–water partition coefficient (Wildman–Crippen LogP) is 12.1. The van der Waals surface area contributed by atoms with Crippen molar-refractivity contribution in [3.05, 3.63) is 180 Å². The van der Waals surface area contributed by atoms with Gasteiger partial charge in [-0.15, -0.1) is 0 Å². The standard InChI is InChI=1S/C49H46N2/c1-47(2)40-19-11-9-17-36(40)38-26-23-33(29-43(38)47)50(34-24-27-39-37-18-10-12-20-41(37)48(3,4)44(39)30-34)35-25-28-46-49(5,31-35)42-21-13-14-22-45(42)51(46)32-15-7-6-8-16-32/h6-30,35-36,40,46H,31H2,1-5H3. The lowest BCUT2D eigenvalue weighted by atomic mass is 9.70. The van der Waals surface area contributed by atoms with Gasteiger partial charge in [-0.1, -0.05) is 144 Å². The van der Waals surface area contributed by atoms with E-state index in [-0.39, 0.29) is 28.3 Å². The SMILES string of the molecule is CC1(C)c2ccccc2-c2ccc(N(c3ccc4c(c3)C(C)(C)C3C=CC=CC43)C3C=CC4N(c5ccccc5)c5ccccc5C4(C)C3)cc21. The molecule has 0 fully saturated rings. The predicted molar refractivity (Wildman–Crippen MR) is 214 cm³/mol. The molecule has 0 N–H and O–H groups in total. The molecule has 0 saturated heterocycles. The Labute approximate surface area is 303 Å². The normalized spacial score (nSPS) is 26.6. The van der Waals surface area contributed by atoms with E-state index in [1.807, 2.05) is 0 Å². The molecule has 5 aromatic carbocycles. The molecule has 252 valence electrons. The van der Waals surface area contributed by atoms with Crippen LogP contribution in [0.4, 0.5) is 22.7 Å². The van der Waals surface area contributed by atoms with Gasteiger partial charge in [-0.2, -0.15) is 0 Å². The summed E-state index contributed by atoms with van der Waals surface area (Å²) in [6, 6.07) is 44.2. The van der Waals surface area contributed by atoms with Crippen LogP contribution >= 0.6 is 0 Å². The molecule has 1 aliphatic heterocycles. The Bertz CT molecular complexity index is 2300. The van der Waals surface area contributed by atoms with Gasteiger partial charge >= 0.3 is 0 Å². The Morgan fingerprint density at radius 3 is 2.08 bits per heavy atom. The van der Waals surface area contributed by atoms with Crippen LogP contribution in [0.15, 0.2) is 152 Å². The van der Waals surface area contributed by atoms with Crippen LogP contribution in [0.3, 0.4) is 0 Å². The molecule has 5 aliphatic rings. The second kappa shape index (κ2) is 10.7. The van der Waals surface area contributed by atoms with Crippen molar-refractivity contribution in [1.29, 1.82) is 0 Å². The lowest BCUT2D eigenvalue weighted by Gasteiger charge is -2.44. The Morgan fingerprint density at radius 2 is 1.25 bits per heavy atom. The zero-order chi connectivity index (χ0) is 34.7. The first-order chi connectivity index (χ1) is 24.7. The van der Waals surface area contributed by atoms with Crippen LogP contribution in [-0.4, -0.2) is 12.1 Å². The van der Waals surface area contributed by atoms with Gasteiger partial charge in [-0.25, -0.2) is 0 Å². The van der Waals surface area contributed by atoms with Gasteiger partial charge in [-0.3, -0.25) is 0 Å². The third-order valence-corrected chi connectivity index (χ3v) is 13.4. The monoisotopic (exact) mass is 662 g/mol. The van der Waals surface area contributed by atoms with Gasteiger partial charge in [0.25, 0.3) is 0 Å². The number of hydrogen-bond donors (Lipinski definition) is 0. The molecular weight excluding hydrogens is 617 g/mol. The summed E-state index contributed by atoms with van der Waals surface area (Å²) in [4.78, 5) is 5.25. The zero-order valence-electron chi connectivity index (χ0n) is 30.3. The van der Waals surface area contributed by atoms with Crippen LogP contribution in [0.1, 0.15) is 74.8 Å². The summed E-state index contributed by atoms with van der Waals surface area (Å²) < 4.78 is 0. The summed E-state index contributed by atoms with van der Waals surface area (Å²) in [7, 11) is 0. The van der Waals surface area contributed by atoms with E-state index in [2.05, 4.69) is 196 Å². The summed E-state index contributed by atoms with van der Waals surface area (Å²) in [6.45, 7) is 12.2. The number of hydrogen-bond acceptors (Lipinski definition) is 2. The summed E-state index contributed by atoms with van der Waals surface area (Å²) in [6.07, 6.45) is 15.4. The summed E-state index contributed by atoms with van der Waals surface area (Å²) >= 11 is 0. The fraction of sp³-hybridized carbons (Fsp3) is 0.265.